The van der Waals surface area contributed by atoms with Crippen LogP contribution in [0, 0.1) is 0 Å². The quantitative estimate of drug-likeness (QED) is 0.831. The predicted octanol–water partition coefficient (Wildman–Crippen LogP) is 2.55. The van der Waals surface area contributed by atoms with Crippen LogP contribution < -0.4 is 5.32 Å². The Morgan fingerprint density at radius 1 is 1.16 bits per heavy atom. The van der Waals surface area contributed by atoms with E-state index in [9.17, 15) is 0 Å². The molecule has 1 N–H and O–H groups in total. The van der Waals surface area contributed by atoms with Crippen LogP contribution in [0.2, 0.25) is 0 Å². The first-order chi connectivity index (χ1) is 9.10. The summed E-state index contributed by atoms with van der Waals surface area (Å²) in [5.41, 5.74) is 0.561. The molecule has 3 fully saturated rings. The number of rotatable bonds is 2. The first kappa shape index (κ1) is 13.8. The summed E-state index contributed by atoms with van der Waals surface area (Å²) in [5, 5.41) is 3.63. The van der Waals surface area contributed by atoms with Gasteiger partial charge in [-0.05, 0) is 39.5 Å². The molecule has 1 spiro atoms. The number of nitrogens with zero attached hydrogens (tertiary/aromatic N) is 1. The summed E-state index contributed by atoms with van der Waals surface area (Å²) in [7, 11) is 0. The second kappa shape index (κ2) is 5.34. The van der Waals surface area contributed by atoms with Crippen molar-refractivity contribution in [3.8, 4) is 0 Å². The number of hydrogen-bond acceptors (Lipinski definition) is 3. The Hall–Kier alpha value is -0.120. The van der Waals surface area contributed by atoms with E-state index in [2.05, 4.69) is 24.1 Å². The van der Waals surface area contributed by atoms with Gasteiger partial charge in [0.05, 0.1) is 11.7 Å². The molecule has 0 amide bonds. The minimum Gasteiger partial charge on any atom is -0.371 e. The molecule has 0 aromatic carbocycles. The van der Waals surface area contributed by atoms with Gasteiger partial charge in [-0.3, -0.25) is 4.90 Å². The SMILES string of the molecule is CC1(C)CCC(CN2CCNCC23CCCCC3)O1. The van der Waals surface area contributed by atoms with Gasteiger partial charge in [0.25, 0.3) is 0 Å². The summed E-state index contributed by atoms with van der Waals surface area (Å²) in [5.74, 6) is 0. The molecule has 0 aromatic heterocycles. The first-order valence-corrected chi connectivity index (χ1v) is 8.23. The molecule has 3 nitrogen and oxygen atoms in total. The minimum absolute atomic E-state index is 0.110. The molecule has 0 radical (unpaired) electrons. The van der Waals surface area contributed by atoms with Gasteiger partial charge in [0.2, 0.25) is 0 Å². The highest BCUT2D eigenvalue weighted by Gasteiger charge is 2.42. The molecular formula is C16H30N2O. The Kier molecular flexibility index (Phi) is 3.89. The fourth-order valence-corrected chi connectivity index (χ4v) is 4.32. The lowest BCUT2D eigenvalue weighted by Crippen LogP contribution is -2.63. The molecule has 1 aliphatic carbocycles. The van der Waals surface area contributed by atoms with Crippen LogP contribution in [-0.4, -0.2) is 48.3 Å². The van der Waals surface area contributed by atoms with Gasteiger partial charge >= 0.3 is 0 Å². The number of ether oxygens (including phenoxy) is 1. The summed E-state index contributed by atoms with van der Waals surface area (Å²) in [6.07, 6.45) is 9.95. The van der Waals surface area contributed by atoms with E-state index in [1.165, 1.54) is 58.0 Å². The van der Waals surface area contributed by atoms with Crippen LogP contribution in [0.25, 0.3) is 0 Å². The zero-order chi connectivity index (χ0) is 13.3. The van der Waals surface area contributed by atoms with Gasteiger partial charge in [0.1, 0.15) is 0 Å². The summed E-state index contributed by atoms with van der Waals surface area (Å²) in [6.45, 7) is 9.19. The summed E-state index contributed by atoms with van der Waals surface area (Å²) < 4.78 is 6.22. The van der Waals surface area contributed by atoms with Crippen LogP contribution in [0.1, 0.15) is 58.8 Å². The normalized spacial score (nSPS) is 34.7. The largest absolute Gasteiger partial charge is 0.371 e. The van der Waals surface area contributed by atoms with E-state index in [-0.39, 0.29) is 5.60 Å². The topological polar surface area (TPSA) is 24.5 Å². The Balaban J connectivity index is 1.64. The lowest BCUT2D eigenvalue weighted by Gasteiger charge is -2.50. The van der Waals surface area contributed by atoms with Crippen LogP contribution in [-0.2, 0) is 4.74 Å². The highest BCUT2D eigenvalue weighted by atomic mass is 16.5. The van der Waals surface area contributed by atoms with E-state index >= 15 is 0 Å². The van der Waals surface area contributed by atoms with Gasteiger partial charge in [-0.2, -0.15) is 0 Å². The molecule has 3 rings (SSSR count). The van der Waals surface area contributed by atoms with Crippen molar-refractivity contribution in [1.29, 1.82) is 0 Å². The molecule has 1 atom stereocenters. The maximum Gasteiger partial charge on any atom is 0.0710 e. The monoisotopic (exact) mass is 266 g/mol. The lowest BCUT2D eigenvalue weighted by atomic mass is 9.79. The molecule has 0 aromatic rings. The van der Waals surface area contributed by atoms with Crippen molar-refractivity contribution in [3.05, 3.63) is 0 Å². The molecule has 3 aliphatic rings. The van der Waals surface area contributed by atoms with Gasteiger partial charge in [-0.15, -0.1) is 0 Å². The number of hydrogen-bond donors (Lipinski definition) is 1. The van der Waals surface area contributed by atoms with E-state index in [1.54, 1.807) is 0 Å². The van der Waals surface area contributed by atoms with Gasteiger partial charge in [-0.25, -0.2) is 0 Å². The van der Waals surface area contributed by atoms with Crippen LogP contribution in [0.3, 0.4) is 0 Å². The van der Waals surface area contributed by atoms with Crippen LogP contribution >= 0.6 is 0 Å². The van der Waals surface area contributed by atoms with Gasteiger partial charge in [0.15, 0.2) is 0 Å². The average molecular weight is 266 g/mol. The zero-order valence-corrected chi connectivity index (χ0v) is 12.7. The fraction of sp³-hybridized carbons (Fsp3) is 1.00. The maximum absolute atomic E-state index is 6.22. The molecule has 2 saturated heterocycles. The predicted molar refractivity (Wildman–Crippen MR) is 78.4 cm³/mol. The zero-order valence-electron chi connectivity index (χ0n) is 12.7. The Labute approximate surface area is 118 Å². The second-order valence-electron chi connectivity index (χ2n) is 7.45. The lowest BCUT2D eigenvalue weighted by molar-refractivity contribution is -0.0580. The molecule has 110 valence electrons. The van der Waals surface area contributed by atoms with Crippen LogP contribution in [0.4, 0.5) is 0 Å². The molecule has 2 aliphatic heterocycles. The molecule has 0 bridgehead atoms. The second-order valence-corrected chi connectivity index (χ2v) is 7.45. The van der Waals surface area contributed by atoms with Crippen LogP contribution in [0.5, 0.6) is 0 Å². The van der Waals surface area contributed by atoms with Crippen molar-refractivity contribution in [2.24, 2.45) is 0 Å². The molecular weight excluding hydrogens is 236 g/mol. The molecule has 3 heteroatoms. The van der Waals surface area contributed by atoms with E-state index in [0.29, 0.717) is 11.6 Å². The number of piperazine rings is 1. The molecule has 19 heavy (non-hydrogen) atoms. The van der Waals surface area contributed by atoms with E-state index < -0.39 is 0 Å². The summed E-state index contributed by atoms with van der Waals surface area (Å²) in [4.78, 5) is 2.77. The Morgan fingerprint density at radius 3 is 2.63 bits per heavy atom. The van der Waals surface area contributed by atoms with Crippen molar-refractivity contribution in [3.63, 3.8) is 0 Å². The minimum atomic E-state index is 0.110. The Morgan fingerprint density at radius 2 is 1.95 bits per heavy atom. The number of nitrogens with one attached hydrogen (secondary N) is 1. The third-order valence-electron chi connectivity index (χ3n) is 5.45. The smallest absolute Gasteiger partial charge is 0.0710 e. The summed E-state index contributed by atoms with van der Waals surface area (Å²) >= 11 is 0. The van der Waals surface area contributed by atoms with Gasteiger partial charge in [-0.1, -0.05) is 19.3 Å². The van der Waals surface area contributed by atoms with E-state index in [0.717, 1.165) is 13.1 Å². The van der Waals surface area contributed by atoms with E-state index in [1.807, 2.05) is 0 Å². The molecule has 2 heterocycles. The highest BCUT2D eigenvalue weighted by Crippen LogP contribution is 2.37. The average Bonchev–Trinajstić information content (AvgIpc) is 2.73. The highest BCUT2D eigenvalue weighted by molar-refractivity contribution is 4.99. The van der Waals surface area contributed by atoms with Crippen molar-refractivity contribution < 1.29 is 4.74 Å². The standard InChI is InChI=1S/C16H30N2O/c1-15(2)9-6-14(19-15)12-18-11-10-17-13-16(18)7-4-3-5-8-16/h14,17H,3-13H2,1-2H3. The van der Waals surface area contributed by atoms with Crippen LogP contribution in [0.15, 0.2) is 0 Å². The summed E-state index contributed by atoms with van der Waals surface area (Å²) in [6, 6.07) is 0. The fourth-order valence-electron chi connectivity index (χ4n) is 4.32. The Bertz CT molecular complexity index is 302. The van der Waals surface area contributed by atoms with Gasteiger partial charge < -0.3 is 10.1 Å². The van der Waals surface area contributed by atoms with Crippen molar-refractivity contribution in [2.45, 2.75) is 76.0 Å². The molecule has 1 saturated carbocycles. The first-order valence-electron chi connectivity index (χ1n) is 8.23. The van der Waals surface area contributed by atoms with Crippen molar-refractivity contribution in [1.82, 2.24) is 10.2 Å². The van der Waals surface area contributed by atoms with Crippen molar-refractivity contribution in [2.75, 3.05) is 26.2 Å². The van der Waals surface area contributed by atoms with E-state index in [4.69, 9.17) is 4.74 Å². The third-order valence-corrected chi connectivity index (χ3v) is 5.45. The third kappa shape index (κ3) is 2.98. The van der Waals surface area contributed by atoms with Crippen molar-refractivity contribution >= 4 is 0 Å². The van der Waals surface area contributed by atoms with Gasteiger partial charge in [0, 0.05) is 31.7 Å². The molecule has 1 unspecified atom stereocenters. The maximum atomic E-state index is 6.22.